The Morgan fingerprint density at radius 3 is 2.57 bits per heavy atom. The Kier molecular flexibility index (Phi) is 5.27. The first-order valence-corrected chi connectivity index (χ1v) is 10.7. The van der Waals surface area contributed by atoms with Gasteiger partial charge in [-0.3, -0.25) is 9.59 Å². The van der Waals surface area contributed by atoms with Gasteiger partial charge in [-0.1, -0.05) is 32.4 Å². The van der Waals surface area contributed by atoms with E-state index >= 15 is 0 Å². The van der Waals surface area contributed by atoms with E-state index in [1.54, 1.807) is 48.7 Å². The molecule has 2 aliphatic rings. The van der Waals surface area contributed by atoms with Crippen LogP contribution in [0.25, 0.3) is 6.08 Å². The quantitative estimate of drug-likeness (QED) is 0.689. The molecular formula is C24H27ClN2O3. The largest absolute Gasteiger partial charge is 0.465 e. The van der Waals surface area contributed by atoms with Gasteiger partial charge in [-0.05, 0) is 66.5 Å². The predicted octanol–water partition coefficient (Wildman–Crippen LogP) is 5.13. The number of hydrogen-bond acceptors (Lipinski definition) is 3. The molecule has 5 nitrogen and oxygen atoms in total. The van der Waals surface area contributed by atoms with Crippen LogP contribution in [0.5, 0.6) is 0 Å². The topological polar surface area (TPSA) is 62.6 Å². The fourth-order valence-corrected chi connectivity index (χ4v) is 5.44. The van der Waals surface area contributed by atoms with Crippen molar-refractivity contribution in [3.05, 3.63) is 64.7 Å². The standard InChI is InChI=1S/C24H27ClN2O3/c1-23(2)12-18-13-24(3,14-23)15-27(18)22(29)20(11-19-5-4-10-30-19)26-21(28)16-6-8-17(25)9-7-16/h4-11,18H,12-15H2,1-3H3,(H,26,28)/b20-11+/t18-,24+/m1/s1. The molecule has 1 aliphatic carbocycles. The highest BCUT2D eigenvalue weighted by molar-refractivity contribution is 6.30. The molecule has 1 aromatic heterocycles. The summed E-state index contributed by atoms with van der Waals surface area (Å²) < 4.78 is 5.40. The maximum atomic E-state index is 13.6. The van der Waals surface area contributed by atoms with Gasteiger partial charge in [0.25, 0.3) is 11.8 Å². The Labute approximate surface area is 182 Å². The first-order chi connectivity index (χ1) is 14.1. The van der Waals surface area contributed by atoms with Gasteiger partial charge in [0.1, 0.15) is 11.5 Å². The summed E-state index contributed by atoms with van der Waals surface area (Å²) in [5, 5.41) is 3.36. The van der Waals surface area contributed by atoms with Crippen LogP contribution in [0.2, 0.25) is 5.02 Å². The maximum absolute atomic E-state index is 13.6. The van der Waals surface area contributed by atoms with E-state index in [-0.39, 0.29) is 34.4 Å². The molecule has 1 N–H and O–H groups in total. The lowest BCUT2D eigenvalue weighted by molar-refractivity contribution is -0.128. The van der Waals surface area contributed by atoms with Crippen LogP contribution in [0, 0.1) is 10.8 Å². The van der Waals surface area contributed by atoms with Gasteiger partial charge in [0.2, 0.25) is 0 Å². The molecule has 2 amide bonds. The lowest BCUT2D eigenvalue weighted by Gasteiger charge is -2.39. The number of carbonyl (C=O) groups is 2. The number of amides is 2. The number of nitrogens with zero attached hydrogens (tertiary/aromatic N) is 1. The molecule has 2 aromatic rings. The lowest BCUT2D eigenvalue weighted by atomic mass is 9.65. The molecule has 2 fully saturated rings. The summed E-state index contributed by atoms with van der Waals surface area (Å²) in [7, 11) is 0. The zero-order valence-electron chi connectivity index (χ0n) is 17.6. The number of nitrogens with one attached hydrogen (secondary N) is 1. The summed E-state index contributed by atoms with van der Waals surface area (Å²) in [6, 6.07) is 10.3. The molecule has 2 heterocycles. The molecule has 158 valence electrons. The number of hydrogen-bond donors (Lipinski definition) is 1. The molecule has 1 saturated carbocycles. The highest BCUT2D eigenvalue weighted by Crippen LogP contribution is 2.52. The number of fused-ring (bicyclic) bond motifs is 2. The van der Waals surface area contributed by atoms with Crippen molar-refractivity contribution in [1.82, 2.24) is 10.2 Å². The van der Waals surface area contributed by atoms with Crippen molar-refractivity contribution < 1.29 is 14.0 Å². The molecule has 1 aromatic carbocycles. The summed E-state index contributed by atoms with van der Waals surface area (Å²) in [5.74, 6) is -0.00450. The van der Waals surface area contributed by atoms with Gasteiger partial charge in [0.05, 0.1) is 6.26 Å². The van der Waals surface area contributed by atoms with Crippen LogP contribution in [-0.4, -0.2) is 29.3 Å². The Bertz CT molecular complexity index is 978. The van der Waals surface area contributed by atoms with Crippen molar-refractivity contribution in [3.63, 3.8) is 0 Å². The first-order valence-electron chi connectivity index (χ1n) is 10.3. The second-order valence-corrected chi connectivity index (χ2v) is 10.1. The second kappa shape index (κ2) is 7.62. The minimum atomic E-state index is -0.355. The highest BCUT2D eigenvalue weighted by atomic mass is 35.5. The molecular weight excluding hydrogens is 400 g/mol. The molecule has 2 atom stereocenters. The SMILES string of the molecule is CC1(C)C[C@@H]2C[C@](C)(CN2C(=O)/C(=C\c2ccco2)NC(=O)c2ccc(Cl)cc2)C1. The smallest absolute Gasteiger partial charge is 0.270 e. The van der Waals surface area contributed by atoms with Gasteiger partial charge in [-0.15, -0.1) is 0 Å². The molecule has 30 heavy (non-hydrogen) atoms. The normalized spacial score (nSPS) is 25.3. The van der Waals surface area contributed by atoms with Gasteiger partial charge in [0, 0.05) is 29.2 Å². The van der Waals surface area contributed by atoms with Crippen LogP contribution in [0.4, 0.5) is 0 Å². The van der Waals surface area contributed by atoms with Crippen LogP contribution in [-0.2, 0) is 4.79 Å². The Balaban J connectivity index is 1.61. The molecule has 6 heteroatoms. The number of furan rings is 1. The Morgan fingerprint density at radius 1 is 1.17 bits per heavy atom. The summed E-state index contributed by atoms with van der Waals surface area (Å²) in [6.45, 7) is 7.50. The third kappa shape index (κ3) is 4.31. The second-order valence-electron chi connectivity index (χ2n) is 9.68. The molecule has 0 spiro atoms. The average molecular weight is 427 g/mol. The fourth-order valence-electron chi connectivity index (χ4n) is 5.31. The minimum Gasteiger partial charge on any atom is -0.465 e. The first kappa shape index (κ1) is 20.7. The predicted molar refractivity (Wildman–Crippen MR) is 117 cm³/mol. The van der Waals surface area contributed by atoms with E-state index in [2.05, 4.69) is 26.1 Å². The van der Waals surface area contributed by atoms with Crippen LogP contribution in [0.1, 0.15) is 56.2 Å². The van der Waals surface area contributed by atoms with E-state index in [0.29, 0.717) is 22.9 Å². The van der Waals surface area contributed by atoms with Crippen molar-refractivity contribution in [2.45, 2.75) is 46.1 Å². The summed E-state index contributed by atoms with van der Waals surface area (Å²) in [5.41, 5.74) is 0.965. The Hall–Kier alpha value is -2.53. The summed E-state index contributed by atoms with van der Waals surface area (Å²) in [6.07, 6.45) is 6.21. The summed E-state index contributed by atoms with van der Waals surface area (Å²) in [4.78, 5) is 28.3. The molecule has 1 saturated heterocycles. The van der Waals surface area contributed by atoms with E-state index in [9.17, 15) is 9.59 Å². The van der Waals surface area contributed by atoms with Crippen molar-refractivity contribution in [1.29, 1.82) is 0 Å². The van der Waals surface area contributed by atoms with E-state index in [1.165, 1.54) is 0 Å². The van der Waals surface area contributed by atoms with Gasteiger partial charge >= 0.3 is 0 Å². The molecule has 0 radical (unpaired) electrons. The third-order valence-electron chi connectivity index (χ3n) is 6.09. The van der Waals surface area contributed by atoms with E-state index < -0.39 is 0 Å². The van der Waals surface area contributed by atoms with Crippen molar-refractivity contribution in [3.8, 4) is 0 Å². The third-order valence-corrected chi connectivity index (χ3v) is 6.34. The fraction of sp³-hybridized carbons (Fsp3) is 0.417. The Morgan fingerprint density at radius 2 is 1.90 bits per heavy atom. The van der Waals surface area contributed by atoms with Gasteiger partial charge in [-0.2, -0.15) is 0 Å². The number of halogens is 1. The van der Waals surface area contributed by atoms with Crippen molar-refractivity contribution >= 4 is 29.5 Å². The van der Waals surface area contributed by atoms with Crippen LogP contribution in [0.15, 0.2) is 52.8 Å². The maximum Gasteiger partial charge on any atom is 0.270 e. The van der Waals surface area contributed by atoms with Crippen LogP contribution in [0.3, 0.4) is 0 Å². The molecule has 0 unspecified atom stereocenters. The molecule has 2 bridgehead atoms. The molecule has 4 rings (SSSR count). The number of benzene rings is 1. The van der Waals surface area contributed by atoms with E-state index in [1.807, 2.05) is 4.90 Å². The highest BCUT2D eigenvalue weighted by Gasteiger charge is 2.51. The van der Waals surface area contributed by atoms with Crippen molar-refractivity contribution in [2.24, 2.45) is 10.8 Å². The van der Waals surface area contributed by atoms with E-state index in [4.69, 9.17) is 16.0 Å². The molecule has 1 aliphatic heterocycles. The summed E-state index contributed by atoms with van der Waals surface area (Å²) >= 11 is 5.92. The van der Waals surface area contributed by atoms with E-state index in [0.717, 1.165) is 19.3 Å². The van der Waals surface area contributed by atoms with Gasteiger partial charge in [0.15, 0.2) is 0 Å². The lowest BCUT2D eigenvalue weighted by Crippen LogP contribution is -2.42. The number of carbonyl (C=O) groups excluding carboxylic acids is 2. The monoisotopic (exact) mass is 426 g/mol. The van der Waals surface area contributed by atoms with Crippen LogP contribution >= 0.6 is 11.6 Å². The number of rotatable bonds is 4. The average Bonchev–Trinajstić information content (AvgIpc) is 3.25. The number of likely N-dealkylation sites (tertiary alicyclic amines) is 1. The van der Waals surface area contributed by atoms with Gasteiger partial charge in [-0.25, -0.2) is 0 Å². The van der Waals surface area contributed by atoms with Crippen molar-refractivity contribution in [2.75, 3.05) is 6.54 Å². The van der Waals surface area contributed by atoms with Crippen LogP contribution < -0.4 is 5.32 Å². The zero-order chi connectivity index (χ0) is 21.5. The van der Waals surface area contributed by atoms with Gasteiger partial charge < -0.3 is 14.6 Å². The zero-order valence-corrected chi connectivity index (χ0v) is 18.3. The minimum absolute atomic E-state index is 0.109.